The van der Waals surface area contributed by atoms with Crippen LogP contribution in [-0.2, 0) is 14.3 Å². The average Bonchev–Trinajstić information content (AvgIpc) is 2.66. The Hall–Kier alpha value is -3.00. The molecular weight excluding hydrogens is 404 g/mol. The van der Waals surface area contributed by atoms with E-state index in [1.807, 2.05) is 6.07 Å². The standard InChI is InChI=1S/C18H15BrN2O5/c19-14-3-1-2-4-15(14)21-16(23)9-20-17(24)11-26-18(25)13-7-5-12(10-22)6-8-13/h1-8,10H,9,11H2,(H,20,24)(H,21,23). The number of nitrogens with one attached hydrogen (secondary N) is 2. The zero-order valence-electron chi connectivity index (χ0n) is 13.5. The molecule has 0 saturated carbocycles. The number of rotatable bonds is 7. The molecule has 0 aliphatic heterocycles. The Labute approximate surface area is 157 Å². The van der Waals surface area contributed by atoms with Crippen LogP contribution >= 0.6 is 15.9 Å². The number of carbonyl (C=O) groups is 4. The van der Waals surface area contributed by atoms with Crippen LogP contribution in [0.3, 0.4) is 0 Å². The molecule has 2 aromatic carbocycles. The summed E-state index contributed by atoms with van der Waals surface area (Å²) in [7, 11) is 0. The number of halogens is 1. The van der Waals surface area contributed by atoms with Gasteiger partial charge in [0, 0.05) is 10.0 Å². The van der Waals surface area contributed by atoms with Crippen LogP contribution in [0.1, 0.15) is 20.7 Å². The number of amides is 2. The maximum absolute atomic E-state index is 11.8. The molecular formula is C18H15BrN2O5. The van der Waals surface area contributed by atoms with Gasteiger partial charge in [0.2, 0.25) is 5.91 Å². The Bertz CT molecular complexity index is 821. The van der Waals surface area contributed by atoms with E-state index in [-0.39, 0.29) is 12.1 Å². The van der Waals surface area contributed by atoms with Crippen molar-refractivity contribution in [1.82, 2.24) is 5.32 Å². The molecule has 2 amide bonds. The van der Waals surface area contributed by atoms with Crippen LogP contribution in [0.5, 0.6) is 0 Å². The van der Waals surface area contributed by atoms with E-state index >= 15 is 0 Å². The van der Waals surface area contributed by atoms with Crippen LogP contribution < -0.4 is 10.6 Å². The van der Waals surface area contributed by atoms with E-state index in [1.165, 1.54) is 24.3 Å². The summed E-state index contributed by atoms with van der Waals surface area (Å²) in [6, 6.07) is 12.8. The van der Waals surface area contributed by atoms with E-state index in [1.54, 1.807) is 18.2 Å². The lowest BCUT2D eigenvalue weighted by atomic mass is 10.1. The van der Waals surface area contributed by atoms with Crippen LogP contribution in [0.2, 0.25) is 0 Å². The molecule has 2 rings (SSSR count). The van der Waals surface area contributed by atoms with E-state index in [9.17, 15) is 19.2 Å². The molecule has 0 radical (unpaired) electrons. The Balaban J connectivity index is 1.74. The molecule has 0 aliphatic rings. The fourth-order valence-corrected chi connectivity index (χ4v) is 2.28. The molecule has 7 nitrogen and oxygen atoms in total. The number of hydrogen-bond acceptors (Lipinski definition) is 5. The molecule has 134 valence electrons. The third-order valence-electron chi connectivity index (χ3n) is 3.21. The van der Waals surface area contributed by atoms with Crippen LogP contribution in [0.15, 0.2) is 53.0 Å². The molecule has 0 fully saturated rings. The molecule has 2 N–H and O–H groups in total. The summed E-state index contributed by atoms with van der Waals surface area (Å²) in [5.74, 6) is -1.72. The molecule has 2 aromatic rings. The van der Waals surface area contributed by atoms with Gasteiger partial charge in [0.25, 0.3) is 5.91 Å². The zero-order valence-corrected chi connectivity index (χ0v) is 15.1. The number of esters is 1. The molecule has 0 saturated heterocycles. The van der Waals surface area contributed by atoms with Gasteiger partial charge < -0.3 is 15.4 Å². The summed E-state index contributed by atoms with van der Waals surface area (Å²) >= 11 is 3.30. The molecule has 0 heterocycles. The Kier molecular flexibility index (Phi) is 7.04. The van der Waals surface area contributed by atoms with E-state index in [4.69, 9.17) is 4.74 Å². The summed E-state index contributed by atoms with van der Waals surface area (Å²) in [5, 5.41) is 4.99. The lowest BCUT2D eigenvalue weighted by molar-refractivity contribution is -0.126. The summed E-state index contributed by atoms with van der Waals surface area (Å²) < 4.78 is 5.57. The number of carbonyl (C=O) groups excluding carboxylic acids is 4. The number of ether oxygens (including phenoxy) is 1. The number of anilines is 1. The maximum Gasteiger partial charge on any atom is 0.338 e. The largest absolute Gasteiger partial charge is 0.452 e. The first-order valence-corrected chi connectivity index (χ1v) is 8.32. The zero-order chi connectivity index (χ0) is 18.9. The van der Waals surface area contributed by atoms with Gasteiger partial charge in [0.15, 0.2) is 6.61 Å². The van der Waals surface area contributed by atoms with Gasteiger partial charge in [-0.25, -0.2) is 4.79 Å². The van der Waals surface area contributed by atoms with Crippen molar-refractivity contribution in [3.05, 3.63) is 64.1 Å². The third kappa shape index (κ3) is 5.82. The second-order valence-electron chi connectivity index (χ2n) is 5.12. The fourth-order valence-electron chi connectivity index (χ4n) is 1.90. The summed E-state index contributed by atoms with van der Waals surface area (Å²) in [4.78, 5) is 45.8. The third-order valence-corrected chi connectivity index (χ3v) is 3.90. The normalized spacial score (nSPS) is 9.88. The number of para-hydroxylation sites is 1. The first kappa shape index (κ1) is 19.3. The van der Waals surface area contributed by atoms with Crippen LogP contribution in [-0.4, -0.2) is 37.2 Å². The fraction of sp³-hybridized carbons (Fsp3) is 0.111. The van der Waals surface area contributed by atoms with Crippen molar-refractivity contribution >= 4 is 45.7 Å². The van der Waals surface area contributed by atoms with Gasteiger partial charge in [0.05, 0.1) is 17.8 Å². The van der Waals surface area contributed by atoms with E-state index in [2.05, 4.69) is 26.6 Å². The number of benzene rings is 2. The highest BCUT2D eigenvalue weighted by Crippen LogP contribution is 2.20. The molecule has 8 heteroatoms. The molecule has 0 aliphatic carbocycles. The number of hydrogen-bond donors (Lipinski definition) is 2. The van der Waals surface area contributed by atoms with Gasteiger partial charge in [-0.2, -0.15) is 0 Å². The quantitative estimate of drug-likeness (QED) is 0.529. The van der Waals surface area contributed by atoms with Crippen molar-refractivity contribution in [2.45, 2.75) is 0 Å². The van der Waals surface area contributed by atoms with Crippen molar-refractivity contribution in [1.29, 1.82) is 0 Å². The van der Waals surface area contributed by atoms with Crippen molar-refractivity contribution in [2.24, 2.45) is 0 Å². The second-order valence-corrected chi connectivity index (χ2v) is 5.98. The van der Waals surface area contributed by atoms with Crippen LogP contribution in [0.4, 0.5) is 5.69 Å². The summed E-state index contributed by atoms with van der Waals surface area (Å²) in [6.07, 6.45) is 0.654. The van der Waals surface area contributed by atoms with Gasteiger partial charge in [-0.1, -0.05) is 24.3 Å². The SMILES string of the molecule is O=Cc1ccc(C(=O)OCC(=O)NCC(=O)Nc2ccccc2Br)cc1. The highest BCUT2D eigenvalue weighted by Gasteiger charge is 2.11. The minimum atomic E-state index is -0.699. The van der Waals surface area contributed by atoms with E-state index in [0.717, 1.165) is 0 Å². The first-order valence-electron chi connectivity index (χ1n) is 7.53. The Morgan fingerprint density at radius 2 is 1.69 bits per heavy atom. The minimum absolute atomic E-state index is 0.218. The van der Waals surface area contributed by atoms with Crippen molar-refractivity contribution in [3.8, 4) is 0 Å². The smallest absolute Gasteiger partial charge is 0.338 e. The molecule has 0 unspecified atom stereocenters. The lowest BCUT2D eigenvalue weighted by Crippen LogP contribution is -2.35. The second kappa shape index (κ2) is 9.47. The monoisotopic (exact) mass is 418 g/mol. The van der Waals surface area contributed by atoms with E-state index < -0.39 is 24.4 Å². The maximum atomic E-state index is 11.8. The summed E-state index contributed by atoms with van der Waals surface area (Å²) in [6.45, 7) is -0.775. The minimum Gasteiger partial charge on any atom is -0.452 e. The topological polar surface area (TPSA) is 102 Å². The lowest BCUT2D eigenvalue weighted by Gasteiger charge is -2.09. The number of aldehydes is 1. The molecule has 0 spiro atoms. The van der Waals surface area contributed by atoms with Gasteiger partial charge in [-0.05, 0) is 40.2 Å². The highest BCUT2D eigenvalue weighted by molar-refractivity contribution is 9.10. The molecule has 0 aromatic heterocycles. The van der Waals surface area contributed by atoms with Crippen molar-refractivity contribution < 1.29 is 23.9 Å². The van der Waals surface area contributed by atoms with Crippen LogP contribution in [0.25, 0.3) is 0 Å². The van der Waals surface area contributed by atoms with E-state index in [0.29, 0.717) is 22.0 Å². The molecule has 0 atom stereocenters. The Morgan fingerprint density at radius 1 is 1.00 bits per heavy atom. The van der Waals surface area contributed by atoms with Gasteiger partial charge in [-0.3, -0.25) is 14.4 Å². The first-order chi connectivity index (χ1) is 12.5. The molecule has 26 heavy (non-hydrogen) atoms. The predicted molar refractivity (Wildman–Crippen MR) is 97.9 cm³/mol. The van der Waals surface area contributed by atoms with Gasteiger partial charge in [-0.15, -0.1) is 0 Å². The molecule has 0 bridgehead atoms. The highest BCUT2D eigenvalue weighted by atomic mass is 79.9. The average molecular weight is 419 g/mol. The Morgan fingerprint density at radius 3 is 2.35 bits per heavy atom. The van der Waals surface area contributed by atoms with Gasteiger partial charge in [0.1, 0.15) is 6.29 Å². The summed E-state index contributed by atoms with van der Waals surface area (Å²) in [5.41, 5.74) is 1.22. The van der Waals surface area contributed by atoms with Crippen LogP contribution in [0, 0.1) is 0 Å². The van der Waals surface area contributed by atoms with Crippen molar-refractivity contribution in [3.63, 3.8) is 0 Å². The van der Waals surface area contributed by atoms with Gasteiger partial charge >= 0.3 is 5.97 Å². The predicted octanol–water partition coefficient (Wildman–Crippen LogP) is 2.17. The van der Waals surface area contributed by atoms with Crippen molar-refractivity contribution in [2.75, 3.05) is 18.5 Å².